The number of nitrogens with one attached hydrogen (secondary N) is 1. The van der Waals surface area contributed by atoms with E-state index in [4.69, 9.17) is 4.42 Å². The van der Waals surface area contributed by atoms with Crippen molar-refractivity contribution in [1.82, 2.24) is 4.98 Å². The number of anilines is 1. The van der Waals surface area contributed by atoms with Gasteiger partial charge < -0.3 is 9.73 Å². The molecule has 4 nitrogen and oxygen atoms in total. The molecule has 0 bridgehead atoms. The van der Waals surface area contributed by atoms with Crippen molar-refractivity contribution in [3.8, 4) is 17.5 Å². The molecule has 0 aliphatic rings. The molecule has 1 heterocycles. The highest BCUT2D eigenvalue weighted by Gasteiger charge is 2.15. The van der Waals surface area contributed by atoms with E-state index in [1.54, 1.807) is 0 Å². The molecule has 3 rings (SSSR count). The molecule has 0 saturated carbocycles. The molecule has 0 spiro atoms. The van der Waals surface area contributed by atoms with E-state index in [2.05, 4.69) is 42.4 Å². The Morgan fingerprint density at radius 3 is 2.75 bits per heavy atom. The average Bonchev–Trinajstić information content (AvgIpc) is 3.01. The van der Waals surface area contributed by atoms with Crippen LogP contribution in [0.4, 0.5) is 5.88 Å². The molecule has 24 heavy (non-hydrogen) atoms. The number of oxazole rings is 1. The number of nitrogens with zero attached hydrogens (tertiary/aromatic N) is 2. The lowest BCUT2D eigenvalue weighted by Crippen LogP contribution is -2.03. The maximum Gasteiger partial charge on any atom is 0.232 e. The van der Waals surface area contributed by atoms with E-state index in [0.717, 1.165) is 35.7 Å². The van der Waals surface area contributed by atoms with Crippen molar-refractivity contribution in [3.05, 3.63) is 48.2 Å². The Bertz CT molecular complexity index is 869. The monoisotopic (exact) mass is 319 g/mol. The molecule has 4 heteroatoms. The van der Waals surface area contributed by atoms with Gasteiger partial charge in [0.1, 0.15) is 6.07 Å². The minimum Gasteiger partial charge on any atom is -0.419 e. The second kappa shape index (κ2) is 7.18. The van der Waals surface area contributed by atoms with Crippen LogP contribution in [0.3, 0.4) is 0 Å². The average molecular weight is 319 g/mol. The van der Waals surface area contributed by atoms with Gasteiger partial charge in [-0.3, -0.25) is 0 Å². The number of benzene rings is 2. The summed E-state index contributed by atoms with van der Waals surface area (Å²) in [6.07, 6.45) is 2.17. The van der Waals surface area contributed by atoms with Gasteiger partial charge >= 0.3 is 0 Å². The van der Waals surface area contributed by atoms with Crippen LogP contribution in [0, 0.1) is 17.2 Å². The fourth-order valence-electron chi connectivity index (χ4n) is 2.76. The Morgan fingerprint density at radius 2 is 1.96 bits per heavy atom. The smallest absolute Gasteiger partial charge is 0.232 e. The fraction of sp³-hybridized carbons (Fsp3) is 0.300. The van der Waals surface area contributed by atoms with E-state index >= 15 is 0 Å². The molecular formula is C20H21N3O. The highest BCUT2D eigenvalue weighted by molar-refractivity contribution is 5.94. The summed E-state index contributed by atoms with van der Waals surface area (Å²) < 4.78 is 5.86. The fourth-order valence-corrected chi connectivity index (χ4v) is 2.76. The van der Waals surface area contributed by atoms with Crippen LogP contribution in [0.1, 0.15) is 32.4 Å². The first-order valence-corrected chi connectivity index (χ1v) is 8.32. The van der Waals surface area contributed by atoms with Gasteiger partial charge in [0.05, 0.1) is 0 Å². The molecule has 122 valence electrons. The van der Waals surface area contributed by atoms with Crippen LogP contribution in [-0.4, -0.2) is 11.5 Å². The normalized spacial score (nSPS) is 10.9. The number of hydrogen-bond acceptors (Lipinski definition) is 4. The standard InChI is InChI=1S/C20H21N3O/c1-14(2)7-6-12-22-20-18(13-21)23-19(24-20)17-11-5-9-15-8-3-4-10-16(15)17/h3-5,8-11,14,22H,6-7,12H2,1-2H3. The maximum atomic E-state index is 9.32. The van der Waals surface area contributed by atoms with Crippen LogP contribution in [0.25, 0.3) is 22.2 Å². The van der Waals surface area contributed by atoms with Gasteiger partial charge in [-0.25, -0.2) is 0 Å². The van der Waals surface area contributed by atoms with Crippen LogP contribution in [-0.2, 0) is 0 Å². The van der Waals surface area contributed by atoms with E-state index in [9.17, 15) is 5.26 Å². The first kappa shape index (κ1) is 16.1. The Morgan fingerprint density at radius 1 is 1.17 bits per heavy atom. The lowest BCUT2D eigenvalue weighted by Gasteiger charge is -2.05. The quantitative estimate of drug-likeness (QED) is 0.633. The van der Waals surface area contributed by atoms with Gasteiger partial charge in [0.25, 0.3) is 0 Å². The van der Waals surface area contributed by atoms with Crippen LogP contribution in [0.5, 0.6) is 0 Å². The Labute approximate surface area is 142 Å². The summed E-state index contributed by atoms with van der Waals surface area (Å²) in [4.78, 5) is 4.37. The largest absolute Gasteiger partial charge is 0.419 e. The maximum absolute atomic E-state index is 9.32. The molecule has 0 radical (unpaired) electrons. The highest BCUT2D eigenvalue weighted by atomic mass is 16.4. The lowest BCUT2D eigenvalue weighted by atomic mass is 10.0. The van der Waals surface area contributed by atoms with Crippen molar-refractivity contribution >= 4 is 16.7 Å². The first-order valence-electron chi connectivity index (χ1n) is 8.32. The van der Waals surface area contributed by atoms with Gasteiger partial charge in [0.15, 0.2) is 0 Å². The van der Waals surface area contributed by atoms with E-state index in [-0.39, 0.29) is 0 Å². The molecule has 1 N–H and O–H groups in total. The van der Waals surface area contributed by atoms with Gasteiger partial charge in [-0.15, -0.1) is 0 Å². The minimum atomic E-state index is 0.308. The number of hydrogen-bond donors (Lipinski definition) is 1. The van der Waals surface area contributed by atoms with Crippen molar-refractivity contribution in [2.24, 2.45) is 5.92 Å². The summed E-state index contributed by atoms with van der Waals surface area (Å²) in [5.41, 5.74) is 1.21. The Balaban J connectivity index is 1.88. The number of aromatic nitrogens is 1. The van der Waals surface area contributed by atoms with Crippen LogP contribution >= 0.6 is 0 Å². The highest BCUT2D eigenvalue weighted by Crippen LogP contribution is 2.31. The predicted molar refractivity (Wildman–Crippen MR) is 96.7 cm³/mol. The zero-order valence-corrected chi connectivity index (χ0v) is 14.0. The SMILES string of the molecule is CC(C)CCCNc1oc(-c2cccc3ccccc23)nc1C#N. The summed E-state index contributed by atoms with van der Waals surface area (Å²) >= 11 is 0. The number of fused-ring (bicyclic) bond motifs is 1. The van der Waals surface area contributed by atoms with Crippen LogP contribution in [0.2, 0.25) is 0 Å². The van der Waals surface area contributed by atoms with Crippen LogP contribution in [0.15, 0.2) is 46.9 Å². The Kier molecular flexibility index (Phi) is 4.81. The van der Waals surface area contributed by atoms with Crippen molar-refractivity contribution < 1.29 is 4.42 Å². The summed E-state index contributed by atoms with van der Waals surface area (Å²) in [5, 5.41) is 14.7. The second-order valence-corrected chi connectivity index (χ2v) is 6.30. The van der Waals surface area contributed by atoms with Gasteiger partial charge in [0, 0.05) is 12.1 Å². The molecule has 0 amide bonds. The topological polar surface area (TPSA) is 61.9 Å². The molecule has 0 saturated heterocycles. The third kappa shape index (κ3) is 3.41. The minimum absolute atomic E-state index is 0.308. The zero-order valence-electron chi connectivity index (χ0n) is 14.0. The van der Waals surface area contributed by atoms with Crippen molar-refractivity contribution in [3.63, 3.8) is 0 Å². The molecule has 0 fully saturated rings. The van der Waals surface area contributed by atoms with Gasteiger partial charge in [0.2, 0.25) is 17.5 Å². The molecule has 2 aromatic carbocycles. The lowest BCUT2D eigenvalue weighted by molar-refractivity contribution is 0.553. The van der Waals surface area contributed by atoms with Crippen molar-refractivity contribution in [2.75, 3.05) is 11.9 Å². The molecule has 0 atom stereocenters. The van der Waals surface area contributed by atoms with E-state index in [1.165, 1.54) is 0 Å². The first-order chi connectivity index (χ1) is 11.7. The van der Waals surface area contributed by atoms with Gasteiger partial charge in [-0.05, 0) is 35.6 Å². The molecule has 1 aromatic heterocycles. The molecule has 0 unspecified atom stereocenters. The predicted octanol–water partition coefficient (Wildman–Crippen LogP) is 5.21. The van der Waals surface area contributed by atoms with Crippen molar-refractivity contribution in [1.29, 1.82) is 5.26 Å². The molecule has 0 aliphatic heterocycles. The molecule has 0 aliphatic carbocycles. The van der Waals surface area contributed by atoms with Crippen LogP contribution < -0.4 is 5.32 Å². The van der Waals surface area contributed by atoms with E-state index < -0.39 is 0 Å². The third-order valence-electron chi connectivity index (χ3n) is 4.00. The second-order valence-electron chi connectivity index (χ2n) is 6.30. The zero-order chi connectivity index (χ0) is 16.9. The number of rotatable bonds is 6. The Hall–Kier alpha value is -2.80. The molecular weight excluding hydrogens is 298 g/mol. The summed E-state index contributed by atoms with van der Waals surface area (Å²) in [6, 6.07) is 16.2. The van der Waals surface area contributed by atoms with Gasteiger partial charge in [-0.2, -0.15) is 10.2 Å². The molecule has 3 aromatic rings. The summed E-state index contributed by atoms with van der Waals surface area (Å²) in [7, 11) is 0. The van der Waals surface area contributed by atoms with E-state index in [1.807, 2.05) is 30.3 Å². The third-order valence-corrected chi connectivity index (χ3v) is 4.00. The van der Waals surface area contributed by atoms with Gasteiger partial charge in [-0.1, -0.05) is 50.2 Å². The summed E-state index contributed by atoms with van der Waals surface area (Å²) in [5.74, 6) is 1.61. The summed E-state index contributed by atoms with van der Waals surface area (Å²) in [6.45, 7) is 5.18. The number of nitriles is 1. The van der Waals surface area contributed by atoms with E-state index in [0.29, 0.717) is 23.4 Å². The van der Waals surface area contributed by atoms with Crippen molar-refractivity contribution in [2.45, 2.75) is 26.7 Å².